The highest BCUT2D eigenvalue weighted by Gasteiger charge is 2.24. The Morgan fingerprint density at radius 2 is 1.93 bits per heavy atom. The van der Waals surface area contributed by atoms with E-state index in [1.54, 1.807) is 31.5 Å². The number of piperidine rings is 1. The fourth-order valence-corrected chi connectivity index (χ4v) is 4.82. The van der Waals surface area contributed by atoms with Gasteiger partial charge in [0.15, 0.2) is 17.5 Å². The van der Waals surface area contributed by atoms with E-state index in [2.05, 4.69) is 30.8 Å². The van der Waals surface area contributed by atoms with E-state index >= 15 is 0 Å². The molecular weight excluding hydrogens is 525 g/mol. The molecule has 0 bridgehead atoms. The van der Waals surface area contributed by atoms with Gasteiger partial charge in [-0.15, -0.1) is 0 Å². The second-order valence-electron chi connectivity index (χ2n) is 9.90. The number of anilines is 1. The summed E-state index contributed by atoms with van der Waals surface area (Å²) in [6, 6.07) is 14.8. The van der Waals surface area contributed by atoms with Gasteiger partial charge in [-0.2, -0.15) is 5.10 Å². The number of benzene rings is 2. The SMILES string of the molecule is CNCCOc1cc(OC)cc(C(=O)NCC2CCN(c3nc(-c4cccc(-c5cc[nH]n5)c4)ncc3F)CC2)c1. The van der Waals surface area contributed by atoms with E-state index in [0.717, 1.165) is 29.7 Å². The number of hydrogen-bond donors (Lipinski definition) is 3. The molecule has 1 fully saturated rings. The molecule has 1 amide bonds. The van der Waals surface area contributed by atoms with Crippen LogP contribution in [0.25, 0.3) is 22.6 Å². The predicted molar refractivity (Wildman–Crippen MR) is 155 cm³/mol. The molecule has 0 atom stereocenters. The maximum atomic E-state index is 14.8. The van der Waals surface area contributed by atoms with Crippen molar-refractivity contribution in [1.82, 2.24) is 30.8 Å². The average molecular weight is 560 g/mol. The summed E-state index contributed by atoms with van der Waals surface area (Å²) in [5.74, 6) is 1.53. The number of amides is 1. The predicted octanol–water partition coefficient (Wildman–Crippen LogP) is 3.93. The monoisotopic (exact) mass is 559 g/mol. The van der Waals surface area contributed by atoms with Crippen molar-refractivity contribution < 1.29 is 18.7 Å². The van der Waals surface area contributed by atoms with E-state index in [1.807, 2.05) is 42.3 Å². The summed E-state index contributed by atoms with van der Waals surface area (Å²) in [4.78, 5) is 23.7. The van der Waals surface area contributed by atoms with Gasteiger partial charge in [0.05, 0.1) is 19.0 Å². The third-order valence-electron chi connectivity index (χ3n) is 7.11. The third-order valence-corrected chi connectivity index (χ3v) is 7.11. The molecule has 3 heterocycles. The quantitative estimate of drug-likeness (QED) is 0.237. The summed E-state index contributed by atoms with van der Waals surface area (Å²) in [7, 11) is 3.41. The topological polar surface area (TPSA) is 117 Å². The number of ether oxygens (including phenoxy) is 2. The molecule has 11 heteroatoms. The van der Waals surface area contributed by atoms with Gasteiger partial charge in [0.1, 0.15) is 18.1 Å². The number of likely N-dealkylation sites (N-methyl/N-ethyl adjacent to an activating group) is 1. The third kappa shape index (κ3) is 6.98. The zero-order valence-electron chi connectivity index (χ0n) is 23.2. The van der Waals surface area contributed by atoms with Crippen molar-refractivity contribution in [3.8, 4) is 34.1 Å². The summed E-state index contributed by atoms with van der Waals surface area (Å²) in [5, 5.41) is 13.1. The van der Waals surface area contributed by atoms with Gasteiger partial charge in [0.2, 0.25) is 0 Å². The molecule has 1 aliphatic rings. The Hall–Kier alpha value is -4.51. The Morgan fingerprint density at radius 3 is 2.68 bits per heavy atom. The Bertz CT molecular complexity index is 1460. The van der Waals surface area contributed by atoms with Crippen LogP contribution in [0.5, 0.6) is 11.5 Å². The lowest BCUT2D eigenvalue weighted by molar-refractivity contribution is 0.0944. The Kier molecular flexibility index (Phi) is 9.05. The summed E-state index contributed by atoms with van der Waals surface area (Å²) in [6.07, 6.45) is 4.59. The lowest BCUT2D eigenvalue weighted by atomic mass is 9.96. The molecule has 0 spiro atoms. The average Bonchev–Trinajstić information content (AvgIpc) is 3.56. The molecule has 2 aromatic heterocycles. The van der Waals surface area contributed by atoms with E-state index in [9.17, 15) is 9.18 Å². The summed E-state index contributed by atoms with van der Waals surface area (Å²) >= 11 is 0. The maximum absolute atomic E-state index is 14.8. The van der Waals surface area contributed by atoms with Crippen LogP contribution in [0.4, 0.5) is 10.2 Å². The number of hydrogen-bond acceptors (Lipinski definition) is 8. The molecule has 0 saturated carbocycles. The molecular formula is C30H34FN7O3. The van der Waals surface area contributed by atoms with Crippen LogP contribution in [-0.2, 0) is 0 Å². The van der Waals surface area contributed by atoms with Crippen molar-refractivity contribution in [2.75, 3.05) is 51.8 Å². The Morgan fingerprint density at radius 1 is 1.12 bits per heavy atom. The van der Waals surface area contributed by atoms with Gasteiger partial charge >= 0.3 is 0 Å². The number of aromatic amines is 1. The number of H-pyrrole nitrogens is 1. The normalized spacial score (nSPS) is 13.7. The van der Waals surface area contributed by atoms with Gasteiger partial charge in [-0.1, -0.05) is 18.2 Å². The van der Waals surface area contributed by atoms with Crippen LogP contribution in [0.2, 0.25) is 0 Å². The fourth-order valence-electron chi connectivity index (χ4n) is 4.82. The molecule has 4 aromatic rings. The van der Waals surface area contributed by atoms with Crippen molar-refractivity contribution in [3.05, 3.63) is 72.3 Å². The van der Waals surface area contributed by atoms with Gasteiger partial charge in [-0.05, 0) is 50.1 Å². The van der Waals surface area contributed by atoms with Crippen molar-refractivity contribution in [3.63, 3.8) is 0 Å². The molecule has 214 valence electrons. The number of carbonyl (C=O) groups excluding carboxylic acids is 1. The molecule has 5 rings (SSSR count). The van der Waals surface area contributed by atoms with Crippen molar-refractivity contribution in [2.24, 2.45) is 5.92 Å². The molecule has 3 N–H and O–H groups in total. The van der Waals surface area contributed by atoms with Crippen LogP contribution in [0.1, 0.15) is 23.2 Å². The standard InChI is InChI=1S/C30H34FN7O3/c1-32-10-13-41-25-16-23(15-24(17-25)40-2)30(39)34-18-20-7-11-38(12-8-20)29-26(31)19-33-28(36-29)22-5-3-4-21(14-22)27-6-9-35-37-27/h3-6,9,14-17,19-20,32H,7-8,10-13,18H2,1-2H3,(H,34,39)(H,35,37). The van der Waals surface area contributed by atoms with E-state index in [1.165, 1.54) is 6.20 Å². The van der Waals surface area contributed by atoms with Gasteiger partial charge in [-0.3, -0.25) is 9.89 Å². The van der Waals surface area contributed by atoms with Crippen LogP contribution in [0, 0.1) is 11.7 Å². The molecule has 1 saturated heterocycles. The molecule has 2 aromatic carbocycles. The maximum Gasteiger partial charge on any atom is 0.251 e. The second-order valence-corrected chi connectivity index (χ2v) is 9.90. The smallest absolute Gasteiger partial charge is 0.251 e. The number of carbonyl (C=O) groups is 1. The minimum Gasteiger partial charge on any atom is -0.497 e. The van der Waals surface area contributed by atoms with Crippen LogP contribution < -0.4 is 25.0 Å². The van der Waals surface area contributed by atoms with Gasteiger partial charge in [-0.25, -0.2) is 14.4 Å². The zero-order valence-corrected chi connectivity index (χ0v) is 23.2. The summed E-state index contributed by atoms with van der Waals surface area (Å²) in [6.45, 7) is 2.96. The molecule has 1 aliphatic heterocycles. The molecule has 0 unspecified atom stereocenters. The van der Waals surface area contributed by atoms with Crippen LogP contribution in [0.3, 0.4) is 0 Å². The number of halogens is 1. The van der Waals surface area contributed by atoms with Crippen LogP contribution >= 0.6 is 0 Å². The van der Waals surface area contributed by atoms with Gasteiger partial charge < -0.3 is 25.0 Å². The van der Waals surface area contributed by atoms with Crippen LogP contribution in [0.15, 0.2) is 60.9 Å². The van der Waals surface area contributed by atoms with E-state index in [4.69, 9.17) is 9.47 Å². The number of nitrogens with zero attached hydrogens (tertiary/aromatic N) is 4. The first-order chi connectivity index (χ1) is 20.0. The highest BCUT2D eigenvalue weighted by molar-refractivity contribution is 5.95. The number of aromatic nitrogens is 4. The minimum absolute atomic E-state index is 0.187. The van der Waals surface area contributed by atoms with E-state index in [0.29, 0.717) is 61.5 Å². The summed E-state index contributed by atoms with van der Waals surface area (Å²) < 4.78 is 25.9. The van der Waals surface area contributed by atoms with Gasteiger partial charge in [0, 0.05) is 55.1 Å². The lowest BCUT2D eigenvalue weighted by Gasteiger charge is -2.33. The van der Waals surface area contributed by atoms with Crippen molar-refractivity contribution >= 4 is 11.7 Å². The highest BCUT2D eigenvalue weighted by Crippen LogP contribution is 2.28. The van der Waals surface area contributed by atoms with Crippen molar-refractivity contribution in [2.45, 2.75) is 12.8 Å². The number of rotatable bonds is 11. The Labute approximate surface area is 238 Å². The van der Waals surface area contributed by atoms with Crippen molar-refractivity contribution in [1.29, 1.82) is 0 Å². The first-order valence-corrected chi connectivity index (χ1v) is 13.7. The number of methoxy groups -OCH3 is 1. The molecule has 10 nitrogen and oxygen atoms in total. The Balaban J connectivity index is 1.19. The first-order valence-electron chi connectivity index (χ1n) is 13.7. The highest BCUT2D eigenvalue weighted by atomic mass is 19.1. The second kappa shape index (κ2) is 13.2. The van der Waals surface area contributed by atoms with Gasteiger partial charge in [0.25, 0.3) is 5.91 Å². The van der Waals surface area contributed by atoms with E-state index in [-0.39, 0.29) is 11.8 Å². The first kappa shape index (κ1) is 28.0. The number of nitrogens with one attached hydrogen (secondary N) is 3. The summed E-state index contributed by atoms with van der Waals surface area (Å²) in [5.41, 5.74) is 3.01. The van der Waals surface area contributed by atoms with Crippen LogP contribution in [-0.4, -0.2) is 73.0 Å². The molecule has 0 radical (unpaired) electrons. The van der Waals surface area contributed by atoms with E-state index < -0.39 is 5.82 Å². The largest absolute Gasteiger partial charge is 0.497 e. The molecule has 0 aliphatic carbocycles. The minimum atomic E-state index is -0.449. The molecule has 41 heavy (non-hydrogen) atoms. The zero-order chi connectivity index (χ0) is 28.6. The lowest BCUT2D eigenvalue weighted by Crippen LogP contribution is -2.39. The fraction of sp³-hybridized carbons (Fsp3) is 0.333.